The average Bonchev–Trinajstić information content (AvgIpc) is 2.98. The highest BCUT2D eigenvalue weighted by Crippen LogP contribution is 2.66. The summed E-state index contributed by atoms with van der Waals surface area (Å²) in [5.74, 6) is 1.16. The third-order valence-electron chi connectivity index (χ3n) is 8.78. The van der Waals surface area contributed by atoms with E-state index in [1.54, 1.807) is 0 Å². The van der Waals surface area contributed by atoms with Crippen LogP contribution in [0.4, 0.5) is 0 Å². The van der Waals surface area contributed by atoms with E-state index in [9.17, 15) is 14.7 Å². The van der Waals surface area contributed by atoms with E-state index in [2.05, 4.69) is 25.7 Å². The maximum atomic E-state index is 11.8. The zero-order chi connectivity index (χ0) is 22.4. The number of esters is 2. The molecule has 5 nitrogen and oxygen atoms in total. The van der Waals surface area contributed by atoms with Crippen LogP contribution in [-0.2, 0) is 19.1 Å². The number of aliphatic hydroxyl groups is 1. The summed E-state index contributed by atoms with van der Waals surface area (Å²) >= 11 is 0. The molecule has 8 atom stereocenters. The Morgan fingerprint density at radius 3 is 2.68 bits per heavy atom. The Balaban J connectivity index is 1.68. The van der Waals surface area contributed by atoms with Crippen molar-refractivity contribution in [3.63, 3.8) is 0 Å². The molecule has 4 rings (SSSR count). The molecule has 0 aromatic carbocycles. The van der Waals surface area contributed by atoms with Crippen LogP contribution >= 0.6 is 0 Å². The van der Waals surface area contributed by atoms with Gasteiger partial charge in [0.15, 0.2) is 0 Å². The topological polar surface area (TPSA) is 72.8 Å². The monoisotopic (exact) mass is 428 g/mol. The van der Waals surface area contributed by atoms with Crippen molar-refractivity contribution in [2.75, 3.05) is 6.61 Å². The number of fused-ring (bicyclic) bond motifs is 5. The molecule has 0 aromatic rings. The van der Waals surface area contributed by atoms with E-state index in [-0.39, 0.29) is 41.6 Å². The lowest BCUT2D eigenvalue weighted by molar-refractivity contribution is -0.156. The second-order valence-corrected chi connectivity index (χ2v) is 10.3. The van der Waals surface area contributed by atoms with E-state index in [0.29, 0.717) is 30.1 Å². The molecule has 0 aliphatic heterocycles. The van der Waals surface area contributed by atoms with Gasteiger partial charge in [0.25, 0.3) is 0 Å². The summed E-state index contributed by atoms with van der Waals surface area (Å²) in [6, 6.07) is 0. The Morgan fingerprint density at radius 2 is 2.03 bits per heavy atom. The molecule has 2 fully saturated rings. The first kappa shape index (κ1) is 22.3. The van der Waals surface area contributed by atoms with Crippen molar-refractivity contribution in [2.24, 2.45) is 34.5 Å². The lowest BCUT2D eigenvalue weighted by Crippen LogP contribution is -2.53. The van der Waals surface area contributed by atoms with E-state index < -0.39 is 0 Å². The number of aliphatic hydroxyl groups excluding tert-OH is 1. The van der Waals surface area contributed by atoms with Crippen molar-refractivity contribution in [3.05, 3.63) is 36.5 Å². The molecule has 0 saturated heterocycles. The molecule has 1 N–H and O–H groups in total. The minimum Gasteiger partial charge on any atom is -0.462 e. The number of hydrogen-bond donors (Lipinski definition) is 1. The fraction of sp³-hybridized carbons (Fsp3) is 0.692. The Morgan fingerprint density at radius 1 is 1.29 bits per heavy atom. The van der Waals surface area contributed by atoms with Crippen LogP contribution in [-0.4, -0.2) is 35.9 Å². The highest BCUT2D eigenvalue weighted by Gasteiger charge is 2.62. The molecule has 0 amide bonds. The summed E-state index contributed by atoms with van der Waals surface area (Å²) < 4.78 is 11.3. The van der Waals surface area contributed by atoms with Gasteiger partial charge in [0, 0.05) is 31.1 Å². The maximum absolute atomic E-state index is 11.8. The van der Waals surface area contributed by atoms with E-state index in [1.165, 1.54) is 19.4 Å². The second-order valence-electron chi connectivity index (χ2n) is 10.3. The standard InChI is InChI=1S/C26H36O5/c1-5-6-18-13-23(31-17(3)29)25(4)11-10-22-21(24(18)25)8-7-19-14-20(30-16(2)28)9-12-26(19,22)15-27/h5,7,9,12,18,20-24,27H,1,6,8,10-11,13-15H2,2-4H3/t18?,20?,21-,22-,23?,24+,25-,26-/m1/s1. The van der Waals surface area contributed by atoms with Gasteiger partial charge in [-0.3, -0.25) is 9.59 Å². The Labute approximate surface area is 185 Å². The van der Waals surface area contributed by atoms with Crippen LogP contribution in [0, 0.1) is 34.5 Å². The first-order chi connectivity index (χ1) is 14.7. The summed E-state index contributed by atoms with van der Waals surface area (Å²) in [5.41, 5.74) is 0.795. The predicted molar refractivity (Wildman–Crippen MR) is 118 cm³/mol. The van der Waals surface area contributed by atoms with Gasteiger partial charge >= 0.3 is 11.9 Å². The van der Waals surface area contributed by atoms with Crippen molar-refractivity contribution >= 4 is 11.9 Å². The smallest absolute Gasteiger partial charge is 0.303 e. The van der Waals surface area contributed by atoms with E-state index in [4.69, 9.17) is 9.47 Å². The molecule has 0 aromatic heterocycles. The Kier molecular flexibility index (Phi) is 5.93. The fourth-order valence-corrected chi connectivity index (χ4v) is 7.67. The minimum absolute atomic E-state index is 0.0405. The number of carbonyl (C=O) groups is 2. The van der Waals surface area contributed by atoms with Gasteiger partial charge in [-0.15, -0.1) is 6.58 Å². The highest BCUT2D eigenvalue weighted by molar-refractivity contribution is 5.66. The maximum Gasteiger partial charge on any atom is 0.303 e. The van der Waals surface area contributed by atoms with Gasteiger partial charge in [-0.1, -0.05) is 30.7 Å². The molecule has 0 bridgehead atoms. The average molecular weight is 429 g/mol. The quantitative estimate of drug-likeness (QED) is 0.520. The van der Waals surface area contributed by atoms with Crippen molar-refractivity contribution in [1.29, 1.82) is 0 Å². The third kappa shape index (κ3) is 3.59. The summed E-state index contributed by atoms with van der Waals surface area (Å²) in [6.45, 7) is 9.32. The summed E-state index contributed by atoms with van der Waals surface area (Å²) in [7, 11) is 0. The normalized spacial score (nSPS) is 43.2. The molecule has 0 spiro atoms. The number of hydrogen-bond acceptors (Lipinski definition) is 5. The van der Waals surface area contributed by atoms with Gasteiger partial charge in [0.1, 0.15) is 12.2 Å². The minimum atomic E-state index is -0.376. The molecule has 4 aliphatic rings. The van der Waals surface area contributed by atoms with Crippen LogP contribution < -0.4 is 0 Å². The first-order valence-electron chi connectivity index (χ1n) is 11.7. The Hall–Kier alpha value is -1.88. The molecule has 5 heteroatoms. The van der Waals surface area contributed by atoms with Crippen molar-refractivity contribution in [1.82, 2.24) is 0 Å². The number of carbonyl (C=O) groups excluding carboxylic acids is 2. The van der Waals surface area contributed by atoms with E-state index in [1.807, 2.05) is 12.2 Å². The SMILES string of the molecule is C=CCC1CC(OC(C)=O)[C@@]2(C)CC[C@@H]3[C@@H](CC=C4CC(OC(C)=O)C=C[C@@]43CO)[C@H]12. The second kappa shape index (κ2) is 8.23. The van der Waals surface area contributed by atoms with Crippen LogP contribution in [0.2, 0.25) is 0 Å². The first-order valence-corrected chi connectivity index (χ1v) is 11.7. The molecule has 4 aliphatic carbocycles. The predicted octanol–water partition coefficient (Wildman–Crippen LogP) is 4.36. The van der Waals surface area contributed by atoms with E-state index in [0.717, 1.165) is 32.1 Å². The van der Waals surface area contributed by atoms with Crippen LogP contribution in [0.3, 0.4) is 0 Å². The molecule has 170 valence electrons. The van der Waals surface area contributed by atoms with Crippen LogP contribution in [0.15, 0.2) is 36.5 Å². The lowest BCUT2D eigenvalue weighted by Gasteiger charge is -2.57. The zero-order valence-corrected chi connectivity index (χ0v) is 19.0. The van der Waals surface area contributed by atoms with Gasteiger partial charge in [0.05, 0.1) is 6.61 Å². The molecule has 0 heterocycles. The van der Waals surface area contributed by atoms with Crippen LogP contribution in [0.5, 0.6) is 0 Å². The molecule has 3 unspecified atom stereocenters. The molecule has 31 heavy (non-hydrogen) atoms. The molecule has 2 saturated carbocycles. The highest BCUT2D eigenvalue weighted by atomic mass is 16.5. The summed E-state index contributed by atoms with van der Waals surface area (Å²) in [5, 5.41) is 10.6. The van der Waals surface area contributed by atoms with E-state index >= 15 is 0 Å². The van der Waals surface area contributed by atoms with Crippen LogP contribution in [0.25, 0.3) is 0 Å². The van der Waals surface area contributed by atoms with Crippen molar-refractivity contribution in [2.45, 2.75) is 71.5 Å². The van der Waals surface area contributed by atoms with Gasteiger partial charge < -0.3 is 14.6 Å². The van der Waals surface area contributed by atoms with Gasteiger partial charge in [-0.05, 0) is 61.9 Å². The molecular formula is C26H36O5. The molecule has 0 radical (unpaired) electrons. The van der Waals surface area contributed by atoms with Gasteiger partial charge in [0.2, 0.25) is 0 Å². The summed E-state index contributed by atoms with van der Waals surface area (Å²) in [4.78, 5) is 23.3. The number of allylic oxidation sites excluding steroid dienone is 2. The largest absolute Gasteiger partial charge is 0.462 e. The van der Waals surface area contributed by atoms with Gasteiger partial charge in [-0.2, -0.15) is 0 Å². The van der Waals surface area contributed by atoms with Crippen molar-refractivity contribution in [3.8, 4) is 0 Å². The zero-order valence-electron chi connectivity index (χ0n) is 19.0. The fourth-order valence-electron chi connectivity index (χ4n) is 7.67. The van der Waals surface area contributed by atoms with Gasteiger partial charge in [-0.25, -0.2) is 0 Å². The molecular weight excluding hydrogens is 392 g/mol. The summed E-state index contributed by atoms with van der Waals surface area (Å²) in [6.07, 6.45) is 13.5. The number of rotatable bonds is 5. The van der Waals surface area contributed by atoms with Crippen LogP contribution in [0.1, 0.15) is 59.3 Å². The lowest BCUT2D eigenvalue weighted by atomic mass is 9.47. The Bertz CT molecular complexity index is 813. The van der Waals surface area contributed by atoms with Crippen molar-refractivity contribution < 1.29 is 24.2 Å². The number of ether oxygens (including phenoxy) is 2. The third-order valence-corrected chi connectivity index (χ3v) is 8.78.